The van der Waals surface area contributed by atoms with E-state index < -0.39 is 0 Å². The number of nitrogens with zero attached hydrogens (tertiary/aromatic N) is 3. The predicted molar refractivity (Wildman–Crippen MR) is 114 cm³/mol. The van der Waals surface area contributed by atoms with Crippen molar-refractivity contribution in [2.75, 3.05) is 20.8 Å². The average Bonchev–Trinajstić information content (AvgIpc) is 3.33. The molecule has 0 saturated carbocycles. The second-order valence-corrected chi connectivity index (χ2v) is 8.33. The number of carbonyl (C=O) groups is 1. The quantitative estimate of drug-likeness (QED) is 0.621. The lowest BCUT2D eigenvalue weighted by Gasteiger charge is -2.26. The van der Waals surface area contributed by atoms with Crippen LogP contribution >= 0.6 is 11.3 Å². The molecule has 6 nitrogen and oxygen atoms in total. The number of hydrogen-bond donors (Lipinski definition) is 0. The first-order valence-corrected chi connectivity index (χ1v) is 10.6. The molecule has 0 N–H and O–H groups in total. The number of fused-ring (bicyclic) bond motifs is 1. The van der Waals surface area contributed by atoms with Gasteiger partial charge < -0.3 is 14.4 Å². The van der Waals surface area contributed by atoms with E-state index in [-0.39, 0.29) is 11.9 Å². The summed E-state index contributed by atoms with van der Waals surface area (Å²) in [5, 5.41) is 0.812. The van der Waals surface area contributed by atoms with Crippen LogP contribution in [-0.2, 0) is 11.3 Å². The predicted octanol–water partition coefficient (Wildman–Crippen LogP) is 4.44. The first-order valence-electron chi connectivity index (χ1n) is 9.74. The Morgan fingerprint density at radius 3 is 2.76 bits per heavy atom. The van der Waals surface area contributed by atoms with E-state index >= 15 is 0 Å². The average molecular weight is 412 g/mol. The van der Waals surface area contributed by atoms with Crippen molar-refractivity contribution >= 4 is 27.5 Å². The molecule has 3 heterocycles. The monoisotopic (exact) mass is 411 g/mol. The molecule has 1 fully saturated rings. The number of likely N-dealkylation sites (tertiary alicyclic amines) is 1. The summed E-state index contributed by atoms with van der Waals surface area (Å²) >= 11 is 1.41. The second-order valence-electron chi connectivity index (χ2n) is 7.33. The number of hydrogen-bond acceptors (Lipinski definition) is 6. The van der Waals surface area contributed by atoms with Gasteiger partial charge >= 0.3 is 0 Å². The zero-order valence-corrected chi connectivity index (χ0v) is 18.0. The van der Waals surface area contributed by atoms with E-state index in [4.69, 9.17) is 9.47 Å². The van der Waals surface area contributed by atoms with Gasteiger partial charge in [0.15, 0.2) is 5.82 Å². The number of methoxy groups -OCH3 is 2. The first-order chi connectivity index (χ1) is 14.0. The summed E-state index contributed by atoms with van der Waals surface area (Å²) in [6.45, 7) is 5.13. The fraction of sp³-hybridized carbons (Fsp3) is 0.409. The maximum absolute atomic E-state index is 13.6. The molecule has 0 unspecified atom stereocenters. The van der Waals surface area contributed by atoms with Crippen LogP contribution in [0, 0.1) is 13.8 Å². The van der Waals surface area contributed by atoms with Gasteiger partial charge in [0.1, 0.15) is 11.4 Å². The minimum Gasteiger partial charge on any atom is -0.480 e. The summed E-state index contributed by atoms with van der Waals surface area (Å²) in [5.41, 5.74) is 3.34. The highest BCUT2D eigenvalue weighted by molar-refractivity contribution is 7.20. The molecular weight excluding hydrogens is 386 g/mol. The minimum absolute atomic E-state index is 0.0617. The van der Waals surface area contributed by atoms with Crippen LogP contribution in [-0.4, -0.2) is 41.5 Å². The van der Waals surface area contributed by atoms with Gasteiger partial charge in [0, 0.05) is 13.7 Å². The Morgan fingerprint density at radius 1 is 1.24 bits per heavy atom. The summed E-state index contributed by atoms with van der Waals surface area (Å²) in [7, 11) is 3.19. The molecule has 152 valence electrons. The van der Waals surface area contributed by atoms with Crippen LogP contribution in [0.25, 0.3) is 10.2 Å². The lowest BCUT2D eigenvalue weighted by atomic mass is 9.99. The highest BCUT2D eigenvalue weighted by atomic mass is 32.1. The number of ether oxygens (including phenoxy) is 2. The molecule has 1 atom stereocenters. The zero-order chi connectivity index (χ0) is 20.5. The normalized spacial score (nSPS) is 16.6. The van der Waals surface area contributed by atoms with E-state index in [9.17, 15) is 4.79 Å². The Kier molecular flexibility index (Phi) is 5.52. The molecule has 1 saturated heterocycles. The second kappa shape index (κ2) is 8.08. The largest absolute Gasteiger partial charge is 0.480 e. The number of thiophene rings is 1. The molecule has 1 aliphatic heterocycles. The Labute approximate surface area is 174 Å². The number of rotatable bonds is 5. The highest BCUT2D eigenvalue weighted by Crippen LogP contribution is 2.39. The number of benzene rings is 1. The Bertz CT molecular complexity index is 1060. The van der Waals surface area contributed by atoms with Crippen LogP contribution < -0.4 is 4.74 Å². The Balaban J connectivity index is 1.75. The molecule has 1 amide bonds. The highest BCUT2D eigenvalue weighted by Gasteiger charge is 2.33. The molecule has 3 aromatic rings. The smallest absolute Gasteiger partial charge is 0.264 e. The molecule has 29 heavy (non-hydrogen) atoms. The molecule has 4 rings (SSSR count). The first kappa shape index (κ1) is 19.8. The van der Waals surface area contributed by atoms with E-state index in [1.165, 1.54) is 22.5 Å². The molecular formula is C22H25N3O3S. The standard InChI is InChI=1S/C22H25N3O3S/c1-13-8-5-6-9-15(13)16-10-7-11-25(16)22(26)19-14(2)18-20(28-4)23-17(12-27-3)24-21(18)29-19/h5-6,8-9,16H,7,10-12H2,1-4H3/t16-/m1/s1. The van der Waals surface area contributed by atoms with Crippen molar-refractivity contribution in [1.29, 1.82) is 0 Å². The summed E-state index contributed by atoms with van der Waals surface area (Å²) in [5.74, 6) is 1.11. The van der Waals surface area contributed by atoms with Gasteiger partial charge in [-0.15, -0.1) is 11.3 Å². The number of aromatic nitrogens is 2. The zero-order valence-electron chi connectivity index (χ0n) is 17.2. The maximum Gasteiger partial charge on any atom is 0.264 e. The fourth-order valence-corrected chi connectivity index (χ4v) is 5.26. The van der Waals surface area contributed by atoms with Gasteiger partial charge in [-0.3, -0.25) is 4.79 Å². The molecule has 1 aromatic carbocycles. The van der Waals surface area contributed by atoms with Gasteiger partial charge in [0.05, 0.1) is 23.4 Å². The van der Waals surface area contributed by atoms with Gasteiger partial charge in [0.2, 0.25) is 5.88 Å². The lowest BCUT2D eigenvalue weighted by Crippen LogP contribution is -2.30. The van der Waals surface area contributed by atoms with Crippen molar-refractivity contribution < 1.29 is 14.3 Å². The van der Waals surface area contributed by atoms with Crippen LogP contribution in [0.5, 0.6) is 5.88 Å². The third kappa shape index (κ3) is 3.49. The summed E-state index contributed by atoms with van der Waals surface area (Å²) in [6, 6.07) is 8.45. The van der Waals surface area contributed by atoms with Crippen LogP contribution in [0.1, 0.15) is 51.1 Å². The number of carbonyl (C=O) groups excluding carboxylic acids is 1. The third-order valence-corrected chi connectivity index (χ3v) is 6.70. The minimum atomic E-state index is 0.0617. The lowest BCUT2D eigenvalue weighted by molar-refractivity contribution is 0.0739. The van der Waals surface area contributed by atoms with E-state index in [1.807, 2.05) is 24.0 Å². The molecule has 7 heteroatoms. The number of amides is 1. The molecule has 0 radical (unpaired) electrons. The van der Waals surface area contributed by atoms with Gasteiger partial charge in [-0.2, -0.15) is 4.98 Å². The van der Waals surface area contributed by atoms with Crippen molar-refractivity contribution in [3.8, 4) is 5.88 Å². The van der Waals surface area contributed by atoms with E-state index in [0.717, 1.165) is 35.2 Å². The SMILES string of the molecule is COCc1nc(OC)c2c(C)c(C(=O)N3CCC[C@@H]3c3ccccc3C)sc2n1. The maximum atomic E-state index is 13.6. The Morgan fingerprint density at radius 2 is 2.03 bits per heavy atom. The molecule has 2 aromatic heterocycles. The van der Waals surface area contributed by atoms with E-state index in [1.54, 1.807) is 14.2 Å². The summed E-state index contributed by atoms with van der Waals surface area (Å²) in [4.78, 5) is 26.1. The van der Waals surface area contributed by atoms with Gasteiger partial charge in [-0.25, -0.2) is 4.98 Å². The summed E-state index contributed by atoms with van der Waals surface area (Å²) in [6.07, 6.45) is 2.00. The molecule has 0 aliphatic carbocycles. The third-order valence-electron chi connectivity index (χ3n) is 5.53. The van der Waals surface area contributed by atoms with Crippen LogP contribution in [0.2, 0.25) is 0 Å². The van der Waals surface area contributed by atoms with E-state index in [2.05, 4.69) is 29.0 Å². The van der Waals surface area contributed by atoms with Crippen LogP contribution in [0.15, 0.2) is 24.3 Å². The van der Waals surface area contributed by atoms with Gasteiger partial charge in [-0.05, 0) is 43.4 Å². The van der Waals surface area contributed by atoms with Crippen LogP contribution in [0.3, 0.4) is 0 Å². The van der Waals surface area contributed by atoms with Gasteiger partial charge in [-0.1, -0.05) is 24.3 Å². The number of aryl methyl sites for hydroxylation is 2. The van der Waals surface area contributed by atoms with Crippen molar-refractivity contribution in [1.82, 2.24) is 14.9 Å². The van der Waals surface area contributed by atoms with Crippen molar-refractivity contribution in [2.45, 2.75) is 39.3 Å². The van der Waals surface area contributed by atoms with Gasteiger partial charge in [0.25, 0.3) is 5.91 Å². The molecule has 0 spiro atoms. The van der Waals surface area contributed by atoms with Crippen molar-refractivity contribution in [2.24, 2.45) is 0 Å². The Hall–Kier alpha value is -2.51. The van der Waals surface area contributed by atoms with Crippen LogP contribution in [0.4, 0.5) is 0 Å². The van der Waals surface area contributed by atoms with Crippen molar-refractivity contribution in [3.63, 3.8) is 0 Å². The van der Waals surface area contributed by atoms with E-state index in [0.29, 0.717) is 23.2 Å². The topological polar surface area (TPSA) is 64.6 Å². The summed E-state index contributed by atoms with van der Waals surface area (Å²) < 4.78 is 10.7. The molecule has 1 aliphatic rings. The van der Waals surface area contributed by atoms with Crippen molar-refractivity contribution in [3.05, 3.63) is 51.7 Å². The molecule has 0 bridgehead atoms. The fourth-order valence-electron chi connectivity index (χ4n) is 4.11.